The van der Waals surface area contributed by atoms with E-state index >= 15 is 0 Å². The lowest BCUT2D eigenvalue weighted by molar-refractivity contribution is 1.02. The van der Waals surface area contributed by atoms with E-state index in [0.29, 0.717) is 5.95 Å². The molecule has 0 unspecified atom stereocenters. The summed E-state index contributed by atoms with van der Waals surface area (Å²) in [6, 6.07) is 54.9. The molecule has 0 aliphatic rings. The number of para-hydroxylation sites is 1. The minimum absolute atomic E-state index is 0.694. The summed E-state index contributed by atoms with van der Waals surface area (Å²) in [5.74, 6) is 0.694. The summed E-state index contributed by atoms with van der Waals surface area (Å²) in [4.78, 5) is 12.2. The summed E-state index contributed by atoms with van der Waals surface area (Å²) in [6.45, 7) is 0. The minimum atomic E-state index is 0.694. The normalized spacial score (nSPS) is 12.3. The van der Waals surface area contributed by atoms with Crippen LogP contribution in [0, 0.1) is 0 Å². The van der Waals surface area contributed by atoms with E-state index < -0.39 is 0 Å². The quantitative estimate of drug-likeness (QED) is 0.182. The standard InChI is InChI=1S/C46H25N3S2/c1-2-13-28-25-29(22-21-26(28)11-1)42-41-39-30-14-4-3-12-27(30)23-24-37(39)51-45(41)48-46(47-42)49-35-19-9-7-17-33(35)38-31-15-5-6-16-32(31)44-40(43(38)49)34-18-8-10-20-36(34)50-44/h1-25H. The van der Waals surface area contributed by atoms with E-state index in [4.69, 9.17) is 9.97 Å². The maximum atomic E-state index is 5.66. The Labute approximate surface area is 299 Å². The number of hydrogen-bond donors (Lipinski definition) is 0. The van der Waals surface area contributed by atoms with Gasteiger partial charge in [-0.05, 0) is 51.2 Å². The van der Waals surface area contributed by atoms with Crippen molar-refractivity contribution in [2.24, 2.45) is 0 Å². The molecule has 0 aliphatic carbocycles. The number of nitrogens with zero attached hydrogens (tertiary/aromatic N) is 3. The topological polar surface area (TPSA) is 30.7 Å². The van der Waals surface area contributed by atoms with Gasteiger partial charge in [0.25, 0.3) is 0 Å². The van der Waals surface area contributed by atoms with E-state index in [-0.39, 0.29) is 0 Å². The average Bonchev–Trinajstić information content (AvgIpc) is 3.87. The molecule has 0 fully saturated rings. The van der Waals surface area contributed by atoms with E-state index in [2.05, 4.69) is 156 Å². The average molecular weight is 684 g/mol. The van der Waals surface area contributed by atoms with Gasteiger partial charge in [-0.2, -0.15) is 0 Å². The molecule has 12 aromatic rings. The SMILES string of the molecule is c1ccc2cc(-c3nc(-n4c5ccccc5c5c6ccccc6c6sc7ccccc7c6c54)nc4sc5ccc6ccccc6c5c34)ccc2c1. The highest BCUT2D eigenvalue weighted by Gasteiger charge is 2.25. The van der Waals surface area contributed by atoms with Crippen molar-refractivity contribution in [1.29, 1.82) is 0 Å². The summed E-state index contributed by atoms with van der Waals surface area (Å²) in [6.07, 6.45) is 0. The van der Waals surface area contributed by atoms with Gasteiger partial charge in [0.2, 0.25) is 5.95 Å². The van der Waals surface area contributed by atoms with E-state index in [1.165, 1.54) is 73.3 Å². The molecule has 8 aromatic carbocycles. The molecule has 0 amide bonds. The van der Waals surface area contributed by atoms with Crippen molar-refractivity contribution in [3.8, 4) is 17.2 Å². The fourth-order valence-electron chi connectivity index (χ4n) is 8.40. The second-order valence-corrected chi connectivity index (χ2v) is 15.4. The van der Waals surface area contributed by atoms with Crippen LogP contribution >= 0.6 is 22.7 Å². The first-order valence-electron chi connectivity index (χ1n) is 17.2. The van der Waals surface area contributed by atoms with Crippen LogP contribution in [-0.4, -0.2) is 14.5 Å². The van der Waals surface area contributed by atoms with Crippen LogP contribution in [0.25, 0.3) is 112 Å². The third kappa shape index (κ3) is 3.77. The molecule has 236 valence electrons. The zero-order valence-corrected chi connectivity index (χ0v) is 28.7. The van der Waals surface area contributed by atoms with Gasteiger partial charge in [0, 0.05) is 57.4 Å². The third-order valence-corrected chi connectivity index (χ3v) is 12.8. The molecule has 0 saturated carbocycles. The zero-order chi connectivity index (χ0) is 33.2. The highest BCUT2D eigenvalue weighted by Crippen LogP contribution is 2.48. The lowest BCUT2D eigenvalue weighted by atomic mass is 9.99. The Morgan fingerprint density at radius 2 is 1.12 bits per heavy atom. The van der Waals surface area contributed by atoms with Crippen LogP contribution in [0.2, 0.25) is 0 Å². The summed E-state index contributed by atoms with van der Waals surface area (Å²) in [5, 5.41) is 14.7. The summed E-state index contributed by atoms with van der Waals surface area (Å²) in [5.41, 5.74) is 4.32. The molecule has 0 aliphatic heterocycles. The van der Waals surface area contributed by atoms with Crippen molar-refractivity contribution >= 4 is 117 Å². The number of hydrogen-bond acceptors (Lipinski definition) is 4. The second-order valence-electron chi connectivity index (χ2n) is 13.3. The van der Waals surface area contributed by atoms with Crippen molar-refractivity contribution in [3.63, 3.8) is 0 Å². The van der Waals surface area contributed by atoms with Crippen molar-refractivity contribution in [3.05, 3.63) is 152 Å². The molecule has 0 atom stereocenters. The molecule has 0 spiro atoms. The van der Waals surface area contributed by atoms with Crippen molar-refractivity contribution in [2.75, 3.05) is 0 Å². The van der Waals surface area contributed by atoms with Crippen LogP contribution < -0.4 is 0 Å². The van der Waals surface area contributed by atoms with Gasteiger partial charge in [-0.25, -0.2) is 9.97 Å². The van der Waals surface area contributed by atoms with Gasteiger partial charge in [-0.3, -0.25) is 4.57 Å². The predicted octanol–water partition coefficient (Wildman–Crippen LogP) is 13.4. The number of rotatable bonds is 2. The molecule has 4 aromatic heterocycles. The Kier molecular flexibility index (Phi) is 5.53. The van der Waals surface area contributed by atoms with Crippen LogP contribution in [0.3, 0.4) is 0 Å². The highest BCUT2D eigenvalue weighted by molar-refractivity contribution is 7.27. The molecule has 5 heteroatoms. The molecule has 0 saturated heterocycles. The maximum Gasteiger partial charge on any atom is 0.236 e. The monoisotopic (exact) mass is 683 g/mol. The number of thiophene rings is 2. The summed E-state index contributed by atoms with van der Waals surface area (Å²) < 4.78 is 6.15. The maximum absolute atomic E-state index is 5.66. The van der Waals surface area contributed by atoms with Crippen LogP contribution in [0.15, 0.2) is 152 Å². The van der Waals surface area contributed by atoms with Gasteiger partial charge in [-0.15, -0.1) is 22.7 Å². The zero-order valence-electron chi connectivity index (χ0n) is 27.1. The predicted molar refractivity (Wildman–Crippen MR) is 220 cm³/mol. The number of fused-ring (bicyclic) bond motifs is 16. The van der Waals surface area contributed by atoms with Crippen LogP contribution in [0.5, 0.6) is 0 Å². The molecular formula is C46H25N3S2. The Bertz CT molecular complexity index is 3440. The molecule has 0 N–H and O–H groups in total. The fraction of sp³-hybridized carbons (Fsp3) is 0. The van der Waals surface area contributed by atoms with Gasteiger partial charge in [0.1, 0.15) is 4.83 Å². The van der Waals surface area contributed by atoms with Gasteiger partial charge < -0.3 is 0 Å². The molecule has 0 bridgehead atoms. The molecule has 4 heterocycles. The Morgan fingerprint density at radius 3 is 2.00 bits per heavy atom. The second kappa shape index (κ2) is 10.2. The molecular weight excluding hydrogens is 659 g/mol. The number of aromatic nitrogens is 3. The molecule has 0 radical (unpaired) electrons. The van der Waals surface area contributed by atoms with E-state index in [1.54, 1.807) is 11.3 Å². The van der Waals surface area contributed by atoms with Crippen molar-refractivity contribution in [2.45, 2.75) is 0 Å². The number of benzene rings is 8. The summed E-state index contributed by atoms with van der Waals surface area (Å²) in [7, 11) is 0. The molecule has 3 nitrogen and oxygen atoms in total. The van der Waals surface area contributed by atoms with Gasteiger partial charge in [-0.1, -0.05) is 127 Å². The first-order chi connectivity index (χ1) is 25.3. The Hall–Kier alpha value is -6.14. The fourth-order valence-corrected chi connectivity index (χ4v) is 10.7. The van der Waals surface area contributed by atoms with Crippen LogP contribution in [0.1, 0.15) is 0 Å². The highest BCUT2D eigenvalue weighted by atomic mass is 32.1. The van der Waals surface area contributed by atoms with E-state index in [0.717, 1.165) is 32.5 Å². The smallest absolute Gasteiger partial charge is 0.236 e. The van der Waals surface area contributed by atoms with Crippen LogP contribution in [0.4, 0.5) is 0 Å². The van der Waals surface area contributed by atoms with Gasteiger partial charge >= 0.3 is 0 Å². The summed E-state index contributed by atoms with van der Waals surface area (Å²) >= 11 is 3.63. The van der Waals surface area contributed by atoms with Crippen molar-refractivity contribution in [1.82, 2.24) is 14.5 Å². The van der Waals surface area contributed by atoms with E-state index in [1.807, 2.05) is 11.3 Å². The Morgan fingerprint density at radius 1 is 0.431 bits per heavy atom. The third-order valence-electron chi connectivity index (χ3n) is 10.6. The lowest BCUT2D eigenvalue weighted by Gasteiger charge is -2.12. The molecule has 51 heavy (non-hydrogen) atoms. The first-order valence-corrected chi connectivity index (χ1v) is 18.8. The van der Waals surface area contributed by atoms with E-state index in [9.17, 15) is 0 Å². The Balaban J connectivity index is 1.31. The molecule has 12 rings (SSSR count). The van der Waals surface area contributed by atoms with Crippen LogP contribution in [-0.2, 0) is 0 Å². The lowest BCUT2D eigenvalue weighted by Crippen LogP contribution is -2.03. The largest absolute Gasteiger partial charge is 0.277 e. The van der Waals surface area contributed by atoms with Crippen molar-refractivity contribution < 1.29 is 0 Å². The minimum Gasteiger partial charge on any atom is -0.277 e. The first kappa shape index (κ1) is 27.7. The van der Waals surface area contributed by atoms with Gasteiger partial charge in [0.05, 0.1) is 16.7 Å². The van der Waals surface area contributed by atoms with Gasteiger partial charge in [0.15, 0.2) is 0 Å².